The number of carbonyl (C=O) groups excluding carboxylic acids is 2. The molecule has 144 valence electrons. The lowest BCUT2D eigenvalue weighted by atomic mass is 10.1. The Morgan fingerprint density at radius 3 is 2.50 bits per heavy atom. The first-order valence-electron chi connectivity index (χ1n) is 8.95. The first kappa shape index (κ1) is 19.1. The molecule has 5 N–H and O–H groups in total. The topological polar surface area (TPSA) is 121 Å². The van der Waals surface area contributed by atoms with E-state index in [0.29, 0.717) is 6.54 Å². The molecule has 0 aliphatic carbocycles. The molecule has 0 saturated carbocycles. The van der Waals surface area contributed by atoms with Crippen molar-refractivity contribution in [3.8, 4) is 0 Å². The van der Waals surface area contributed by atoms with Crippen molar-refractivity contribution in [2.75, 3.05) is 11.9 Å². The number of guanidine groups is 2. The van der Waals surface area contributed by atoms with Gasteiger partial charge in [0.1, 0.15) is 6.04 Å². The number of nitrogens with zero attached hydrogens (tertiary/aromatic N) is 2. The molecule has 0 bridgehead atoms. The van der Waals surface area contributed by atoms with Crippen LogP contribution in [0.25, 0.3) is 0 Å². The summed E-state index contributed by atoms with van der Waals surface area (Å²) in [6.45, 7) is 0.500. The number of para-hydroxylation sites is 1. The standard InChI is InChI=1S/C20H22N6O2/c21-19(23-15-9-5-2-6-10-15)26-20-24-16(18(28)25-20)13-17(27)22-12-11-14-7-3-1-4-8-14/h1-10,16H,11-13H2,(H,22,27)(H4,21,23,24,25,26,28)/t16-/m0/s1. The quantitative estimate of drug-likeness (QED) is 0.443. The molecule has 0 radical (unpaired) electrons. The summed E-state index contributed by atoms with van der Waals surface area (Å²) >= 11 is 0. The number of amides is 2. The van der Waals surface area contributed by atoms with Crippen molar-refractivity contribution in [2.24, 2.45) is 15.7 Å². The maximum atomic E-state index is 12.1. The zero-order valence-electron chi connectivity index (χ0n) is 15.3. The van der Waals surface area contributed by atoms with Crippen LogP contribution >= 0.6 is 0 Å². The third-order valence-electron chi connectivity index (χ3n) is 4.05. The molecule has 0 fully saturated rings. The second-order valence-corrected chi connectivity index (χ2v) is 6.24. The minimum Gasteiger partial charge on any atom is -0.369 e. The zero-order chi connectivity index (χ0) is 19.8. The fourth-order valence-corrected chi connectivity index (χ4v) is 2.68. The molecule has 3 rings (SSSR count). The van der Waals surface area contributed by atoms with Crippen molar-refractivity contribution in [1.29, 1.82) is 0 Å². The van der Waals surface area contributed by atoms with E-state index in [9.17, 15) is 9.59 Å². The predicted molar refractivity (Wildman–Crippen MR) is 109 cm³/mol. The molecule has 2 aromatic rings. The Hall–Kier alpha value is -3.68. The molecule has 1 heterocycles. The third-order valence-corrected chi connectivity index (χ3v) is 4.05. The molecule has 8 heteroatoms. The van der Waals surface area contributed by atoms with Gasteiger partial charge in [-0.05, 0) is 24.1 Å². The van der Waals surface area contributed by atoms with E-state index in [1.54, 1.807) is 0 Å². The van der Waals surface area contributed by atoms with Gasteiger partial charge in [-0.2, -0.15) is 4.99 Å². The molecule has 0 unspecified atom stereocenters. The molecule has 1 aliphatic rings. The average Bonchev–Trinajstić information content (AvgIpc) is 3.02. The molecule has 0 aromatic heterocycles. The summed E-state index contributed by atoms with van der Waals surface area (Å²) in [4.78, 5) is 32.3. The summed E-state index contributed by atoms with van der Waals surface area (Å²) in [6.07, 6.45) is 0.690. The molecule has 0 spiro atoms. The van der Waals surface area contributed by atoms with E-state index in [2.05, 4.69) is 25.9 Å². The molecule has 2 aromatic carbocycles. The van der Waals surface area contributed by atoms with Crippen LogP contribution in [-0.4, -0.2) is 36.3 Å². The summed E-state index contributed by atoms with van der Waals surface area (Å²) in [5, 5.41) is 8.24. The Morgan fingerprint density at radius 1 is 1.11 bits per heavy atom. The van der Waals surface area contributed by atoms with Crippen LogP contribution in [0.5, 0.6) is 0 Å². The van der Waals surface area contributed by atoms with Gasteiger partial charge in [0, 0.05) is 12.2 Å². The molecular formula is C20H22N6O2. The van der Waals surface area contributed by atoms with E-state index >= 15 is 0 Å². The van der Waals surface area contributed by atoms with Gasteiger partial charge in [0.05, 0.1) is 6.42 Å². The summed E-state index contributed by atoms with van der Waals surface area (Å²) in [6, 6.07) is 18.3. The second kappa shape index (κ2) is 9.31. The van der Waals surface area contributed by atoms with Crippen molar-refractivity contribution in [3.05, 3.63) is 66.2 Å². The maximum absolute atomic E-state index is 12.1. The van der Waals surface area contributed by atoms with Crippen molar-refractivity contribution >= 4 is 29.4 Å². The Labute approximate surface area is 163 Å². The number of anilines is 1. The Morgan fingerprint density at radius 2 is 1.79 bits per heavy atom. The predicted octanol–water partition coefficient (Wildman–Crippen LogP) is 1.02. The summed E-state index contributed by atoms with van der Waals surface area (Å²) in [5.74, 6) is -0.420. The van der Waals surface area contributed by atoms with Gasteiger partial charge in [0.15, 0.2) is 0 Å². The number of aliphatic imine (C=N–C) groups is 2. The van der Waals surface area contributed by atoms with Crippen molar-refractivity contribution < 1.29 is 9.59 Å². The van der Waals surface area contributed by atoms with Crippen molar-refractivity contribution in [1.82, 2.24) is 10.6 Å². The fourth-order valence-electron chi connectivity index (χ4n) is 2.68. The van der Waals surface area contributed by atoms with Gasteiger partial charge in [0.25, 0.3) is 5.91 Å². The smallest absolute Gasteiger partial charge is 0.252 e. The highest BCUT2D eigenvalue weighted by Crippen LogP contribution is 2.08. The minimum atomic E-state index is -0.806. The van der Waals surface area contributed by atoms with E-state index < -0.39 is 6.04 Å². The normalized spacial score (nSPS) is 16.3. The maximum Gasteiger partial charge on any atom is 0.252 e. The number of rotatable bonds is 6. The van der Waals surface area contributed by atoms with Gasteiger partial charge in [-0.25, -0.2) is 4.99 Å². The number of hydrogen-bond acceptors (Lipinski definition) is 4. The number of hydrogen-bond donors (Lipinski definition) is 4. The Bertz CT molecular complexity index is 880. The number of benzene rings is 2. The van der Waals surface area contributed by atoms with Crippen LogP contribution in [0.2, 0.25) is 0 Å². The molecule has 8 nitrogen and oxygen atoms in total. The first-order valence-corrected chi connectivity index (χ1v) is 8.95. The summed E-state index contributed by atoms with van der Waals surface area (Å²) in [5.41, 5.74) is 7.73. The largest absolute Gasteiger partial charge is 0.369 e. The van der Waals surface area contributed by atoms with Crippen molar-refractivity contribution in [2.45, 2.75) is 18.9 Å². The van der Waals surface area contributed by atoms with Gasteiger partial charge < -0.3 is 16.4 Å². The van der Waals surface area contributed by atoms with Crippen LogP contribution in [0.1, 0.15) is 12.0 Å². The second-order valence-electron chi connectivity index (χ2n) is 6.24. The fraction of sp³-hybridized carbons (Fsp3) is 0.200. The monoisotopic (exact) mass is 378 g/mol. The molecule has 0 saturated heterocycles. The van der Waals surface area contributed by atoms with Gasteiger partial charge in [0.2, 0.25) is 17.8 Å². The Kier molecular flexibility index (Phi) is 6.35. The number of nitrogens with one attached hydrogen (secondary N) is 3. The lowest BCUT2D eigenvalue weighted by Crippen LogP contribution is -2.34. The van der Waals surface area contributed by atoms with Crippen LogP contribution in [-0.2, 0) is 16.0 Å². The van der Waals surface area contributed by atoms with Gasteiger partial charge >= 0.3 is 0 Å². The molecular weight excluding hydrogens is 356 g/mol. The molecule has 28 heavy (non-hydrogen) atoms. The zero-order valence-corrected chi connectivity index (χ0v) is 15.3. The number of nitrogens with two attached hydrogens (primary N) is 1. The lowest BCUT2D eigenvalue weighted by molar-refractivity contribution is -0.126. The highest BCUT2D eigenvalue weighted by atomic mass is 16.2. The summed E-state index contributed by atoms with van der Waals surface area (Å²) in [7, 11) is 0. The van der Waals surface area contributed by atoms with Crippen LogP contribution in [0.15, 0.2) is 70.6 Å². The SMILES string of the molecule is NC(=NC1=N[C@@H](CC(=O)NCCc2ccccc2)C(=O)N1)Nc1ccccc1. The lowest BCUT2D eigenvalue weighted by Gasteiger charge is -2.07. The highest BCUT2D eigenvalue weighted by molar-refractivity contribution is 6.11. The van der Waals surface area contributed by atoms with Crippen LogP contribution in [0, 0.1) is 0 Å². The number of carbonyl (C=O) groups is 2. The highest BCUT2D eigenvalue weighted by Gasteiger charge is 2.28. The third kappa shape index (κ3) is 5.66. The van der Waals surface area contributed by atoms with Crippen LogP contribution in [0.4, 0.5) is 5.69 Å². The summed E-state index contributed by atoms with van der Waals surface area (Å²) < 4.78 is 0. The molecule has 2 amide bonds. The van der Waals surface area contributed by atoms with Crippen molar-refractivity contribution in [3.63, 3.8) is 0 Å². The van der Waals surface area contributed by atoms with Gasteiger partial charge in [-0.1, -0.05) is 48.5 Å². The molecule has 1 aliphatic heterocycles. The van der Waals surface area contributed by atoms with Crippen LogP contribution in [0.3, 0.4) is 0 Å². The van der Waals surface area contributed by atoms with E-state index in [0.717, 1.165) is 17.7 Å². The van der Waals surface area contributed by atoms with E-state index in [4.69, 9.17) is 5.73 Å². The van der Waals surface area contributed by atoms with E-state index in [-0.39, 0.29) is 30.2 Å². The Balaban J connectivity index is 1.48. The van der Waals surface area contributed by atoms with E-state index in [1.165, 1.54) is 0 Å². The first-order chi connectivity index (χ1) is 13.6. The molecule has 1 atom stereocenters. The minimum absolute atomic E-state index is 0.0360. The van der Waals surface area contributed by atoms with E-state index in [1.807, 2.05) is 60.7 Å². The van der Waals surface area contributed by atoms with Gasteiger partial charge in [-0.3, -0.25) is 14.9 Å². The average molecular weight is 378 g/mol. The van der Waals surface area contributed by atoms with Gasteiger partial charge in [-0.15, -0.1) is 0 Å². The van der Waals surface area contributed by atoms with Crippen LogP contribution < -0.4 is 21.7 Å².